The number of aromatic amines is 1. The van der Waals surface area contributed by atoms with E-state index in [0.29, 0.717) is 52.5 Å². The van der Waals surface area contributed by atoms with E-state index in [9.17, 15) is 23.5 Å². The van der Waals surface area contributed by atoms with E-state index >= 15 is 0 Å². The van der Waals surface area contributed by atoms with E-state index in [1.165, 1.54) is 23.1 Å². The Labute approximate surface area is 192 Å². The number of hydrogen-bond donors (Lipinski definition) is 2. The summed E-state index contributed by atoms with van der Waals surface area (Å²) in [7, 11) is 0. The average Bonchev–Trinajstić information content (AvgIpc) is 3.59. The van der Waals surface area contributed by atoms with Gasteiger partial charge in [0.15, 0.2) is 6.10 Å². The van der Waals surface area contributed by atoms with Crippen LogP contribution in [0, 0.1) is 11.6 Å². The van der Waals surface area contributed by atoms with E-state index in [1.54, 1.807) is 18.2 Å². The lowest BCUT2D eigenvalue weighted by Crippen LogP contribution is -2.42. The van der Waals surface area contributed by atoms with Crippen molar-refractivity contribution in [1.29, 1.82) is 0 Å². The summed E-state index contributed by atoms with van der Waals surface area (Å²) in [5.41, 5.74) is 0.607. The zero-order valence-electron chi connectivity index (χ0n) is 17.4. The molecule has 0 saturated heterocycles. The van der Waals surface area contributed by atoms with Crippen molar-refractivity contribution >= 4 is 17.5 Å². The maximum Gasteiger partial charge on any atom is 0.256 e. The van der Waals surface area contributed by atoms with Gasteiger partial charge < -0.3 is 15.0 Å². The molecule has 0 bridgehead atoms. The Hall–Kier alpha value is -3.10. The molecule has 0 spiro atoms. The smallest absolute Gasteiger partial charge is 0.256 e. The second kappa shape index (κ2) is 8.04. The standard InChI is InChI=1S/C24H20ClF2N3O3/c25-15-3-1-2-13(8-15)20(31)22(33)30-7-4-19-18(12-30)21(32)29-23(28-19)24(5-6-24)14-9-16(26)11-17(27)10-14/h1-3,8-11,20,31H,4-7,12H2,(H,28,29,32)/t20-/m1/s1. The monoisotopic (exact) mass is 471 g/mol. The first kappa shape index (κ1) is 21.7. The highest BCUT2D eigenvalue weighted by Crippen LogP contribution is 2.52. The number of H-pyrrole nitrogens is 1. The fourth-order valence-electron chi connectivity index (χ4n) is 4.45. The molecule has 9 heteroatoms. The van der Waals surface area contributed by atoms with Crippen molar-refractivity contribution in [1.82, 2.24) is 14.9 Å². The number of rotatable bonds is 4. The molecule has 2 aromatic carbocycles. The van der Waals surface area contributed by atoms with Crippen molar-refractivity contribution in [3.63, 3.8) is 0 Å². The summed E-state index contributed by atoms with van der Waals surface area (Å²) >= 11 is 5.95. The lowest BCUT2D eigenvalue weighted by molar-refractivity contribution is -0.141. The number of halogens is 3. The van der Waals surface area contributed by atoms with E-state index in [0.717, 1.165) is 6.07 Å². The van der Waals surface area contributed by atoms with Crippen LogP contribution >= 0.6 is 11.6 Å². The van der Waals surface area contributed by atoms with Gasteiger partial charge in [0.2, 0.25) is 0 Å². The summed E-state index contributed by atoms with van der Waals surface area (Å²) in [6.45, 7) is 0.289. The Morgan fingerprint density at radius 2 is 1.91 bits per heavy atom. The second-order valence-electron chi connectivity index (χ2n) is 8.55. The van der Waals surface area contributed by atoms with Gasteiger partial charge in [-0.3, -0.25) is 9.59 Å². The van der Waals surface area contributed by atoms with Crippen LogP contribution in [0.1, 0.15) is 47.2 Å². The molecule has 2 aliphatic rings. The molecule has 3 aromatic rings. The molecular weight excluding hydrogens is 452 g/mol. The van der Waals surface area contributed by atoms with Gasteiger partial charge in [-0.1, -0.05) is 23.7 Å². The molecule has 1 amide bonds. The fraction of sp³-hybridized carbons (Fsp3) is 0.292. The summed E-state index contributed by atoms with van der Waals surface area (Å²) in [6.07, 6.45) is 0.171. The lowest BCUT2D eigenvalue weighted by Gasteiger charge is -2.30. The molecule has 6 nitrogen and oxygen atoms in total. The maximum atomic E-state index is 13.8. The van der Waals surface area contributed by atoms with Crippen LogP contribution in [0.15, 0.2) is 47.3 Å². The molecule has 0 radical (unpaired) electrons. The van der Waals surface area contributed by atoms with Crippen molar-refractivity contribution in [2.45, 2.75) is 37.3 Å². The third-order valence-corrected chi connectivity index (χ3v) is 6.63. The summed E-state index contributed by atoms with van der Waals surface area (Å²) in [6, 6.07) is 9.78. The molecule has 0 unspecified atom stereocenters. The Morgan fingerprint density at radius 1 is 1.18 bits per heavy atom. The number of aromatic nitrogens is 2. The largest absolute Gasteiger partial charge is 0.378 e. The van der Waals surface area contributed by atoms with Crippen molar-refractivity contribution in [3.8, 4) is 0 Å². The topological polar surface area (TPSA) is 86.3 Å². The summed E-state index contributed by atoms with van der Waals surface area (Å²) < 4.78 is 27.6. The first-order valence-corrected chi connectivity index (χ1v) is 11.0. The minimum Gasteiger partial charge on any atom is -0.378 e. The number of aliphatic hydroxyl groups is 1. The number of nitrogens with one attached hydrogen (secondary N) is 1. The summed E-state index contributed by atoms with van der Waals surface area (Å²) in [4.78, 5) is 34.6. The third kappa shape index (κ3) is 3.94. The van der Waals surface area contributed by atoms with Gasteiger partial charge in [-0.2, -0.15) is 0 Å². The molecule has 1 aromatic heterocycles. The van der Waals surface area contributed by atoms with Gasteiger partial charge in [0, 0.05) is 24.1 Å². The van der Waals surface area contributed by atoms with Gasteiger partial charge >= 0.3 is 0 Å². The van der Waals surface area contributed by atoms with Gasteiger partial charge in [-0.05, 0) is 48.2 Å². The fourth-order valence-corrected chi connectivity index (χ4v) is 4.65. The molecule has 1 fully saturated rings. The van der Waals surface area contributed by atoms with Crippen molar-refractivity contribution in [3.05, 3.63) is 97.7 Å². The Morgan fingerprint density at radius 3 is 2.58 bits per heavy atom. The van der Waals surface area contributed by atoms with Crippen LogP contribution in [0.25, 0.3) is 0 Å². The normalized spacial score (nSPS) is 17.4. The number of benzene rings is 2. The van der Waals surface area contributed by atoms with E-state index in [1.807, 2.05) is 0 Å². The van der Waals surface area contributed by atoms with E-state index in [4.69, 9.17) is 11.6 Å². The number of carbonyl (C=O) groups is 1. The van der Waals surface area contributed by atoms with E-state index in [-0.39, 0.29) is 13.1 Å². The number of aliphatic hydroxyl groups excluding tert-OH is 1. The third-order valence-electron chi connectivity index (χ3n) is 6.40. The SMILES string of the molecule is O=C([C@H](O)c1cccc(Cl)c1)N1CCc2nc(C3(c4cc(F)cc(F)c4)CC3)[nH]c(=O)c2C1. The van der Waals surface area contributed by atoms with Crippen LogP contribution in [-0.4, -0.2) is 32.4 Å². The molecule has 1 aliphatic carbocycles. The van der Waals surface area contributed by atoms with E-state index in [2.05, 4.69) is 9.97 Å². The molecular formula is C24H20ClF2N3O3. The molecule has 2 N–H and O–H groups in total. The number of nitrogens with zero attached hydrogens (tertiary/aromatic N) is 2. The first-order valence-electron chi connectivity index (χ1n) is 10.6. The highest BCUT2D eigenvalue weighted by molar-refractivity contribution is 6.30. The van der Waals surface area contributed by atoms with Crippen LogP contribution in [0.3, 0.4) is 0 Å². The minimum atomic E-state index is -1.39. The quantitative estimate of drug-likeness (QED) is 0.610. The predicted octanol–water partition coefficient (Wildman–Crippen LogP) is 3.40. The van der Waals surface area contributed by atoms with Crippen LogP contribution in [0.2, 0.25) is 5.02 Å². The first-order chi connectivity index (χ1) is 15.8. The number of amides is 1. The molecule has 5 rings (SSSR count). The van der Waals surface area contributed by atoms with Gasteiger partial charge in [0.05, 0.1) is 23.2 Å². The molecule has 33 heavy (non-hydrogen) atoms. The Bertz CT molecular complexity index is 1300. The van der Waals surface area contributed by atoms with Crippen LogP contribution < -0.4 is 5.56 Å². The zero-order chi connectivity index (χ0) is 23.3. The average molecular weight is 472 g/mol. The zero-order valence-corrected chi connectivity index (χ0v) is 18.2. The maximum absolute atomic E-state index is 13.8. The van der Waals surface area contributed by atoms with Gasteiger partial charge in [0.1, 0.15) is 17.5 Å². The number of fused-ring (bicyclic) bond motifs is 1. The number of hydrogen-bond acceptors (Lipinski definition) is 4. The second-order valence-corrected chi connectivity index (χ2v) is 8.98. The molecule has 1 atom stereocenters. The predicted molar refractivity (Wildman–Crippen MR) is 117 cm³/mol. The van der Waals surface area contributed by atoms with Crippen LogP contribution in [-0.2, 0) is 23.2 Å². The highest BCUT2D eigenvalue weighted by atomic mass is 35.5. The molecule has 1 saturated carbocycles. The van der Waals surface area contributed by atoms with E-state index < -0.39 is 34.6 Å². The number of carbonyl (C=O) groups excluding carboxylic acids is 1. The van der Waals surface area contributed by atoms with Crippen molar-refractivity contribution < 1.29 is 18.7 Å². The molecule has 2 heterocycles. The Kier molecular flexibility index (Phi) is 5.29. The van der Waals surface area contributed by atoms with Crippen LogP contribution in [0.5, 0.6) is 0 Å². The Balaban J connectivity index is 1.41. The molecule has 1 aliphatic heterocycles. The summed E-state index contributed by atoms with van der Waals surface area (Å²) in [5, 5.41) is 10.9. The molecule has 170 valence electrons. The minimum absolute atomic E-state index is 0.00992. The van der Waals surface area contributed by atoms with Crippen molar-refractivity contribution in [2.24, 2.45) is 0 Å². The van der Waals surface area contributed by atoms with Gasteiger partial charge in [-0.15, -0.1) is 0 Å². The highest BCUT2D eigenvalue weighted by Gasteiger charge is 2.49. The van der Waals surface area contributed by atoms with Crippen LogP contribution in [0.4, 0.5) is 8.78 Å². The summed E-state index contributed by atoms with van der Waals surface area (Å²) in [5.74, 6) is -1.50. The lowest BCUT2D eigenvalue weighted by atomic mass is 9.94. The van der Waals surface area contributed by atoms with Gasteiger partial charge in [0.25, 0.3) is 11.5 Å². The van der Waals surface area contributed by atoms with Crippen molar-refractivity contribution in [2.75, 3.05) is 6.54 Å². The van der Waals surface area contributed by atoms with Gasteiger partial charge in [-0.25, -0.2) is 13.8 Å².